The third kappa shape index (κ3) is 3.76. The number of rotatable bonds is 6. The number of fused-ring (bicyclic) bond motifs is 1. The van der Waals surface area contributed by atoms with Gasteiger partial charge >= 0.3 is 5.97 Å². The second kappa shape index (κ2) is 8.46. The number of amides is 1. The zero-order chi connectivity index (χ0) is 22.8. The molecule has 164 valence electrons. The third-order valence-corrected chi connectivity index (χ3v) is 5.26. The van der Waals surface area contributed by atoms with Crippen molar-refractivity contribution in [2.24, 2.45) is 0 Å². The summed E-state index contributed by atoms with van der Waals surface area (Å²) in [6, 6.07) is 12.0. The molecular formula is C23H22N4O5. The molecule has 3 aromatic rings. The number of hydrogen-bond acceptors (Lipinski definition) is 6. The molecule has 0 unspecified atom stereocenters. The third-order valence-electron chi connectivity index (χ3n) is 5.26. The van der Waals surface area contributed by atoms with Crippen LogP contribution in [-0.4, -0.2) is 41.0 Å². The number of carboxylic acid groups (broad SMARTS) is 1. The number of hydrogen-bond donors (Lipinski definition) is 3. The molecule has 0 saturated carbocycles. The molecule has 2 heterocycles. The van der Waals surface area contributed by atoms with E-state index in [1.54, 1.807) is 36.1 Å². The minimum absolute atomic E-state index is 0.0715. The Morgan fingerprint density at radius 1 is 1.16 bits per heavy atom. The minimum Gasteiger partial charge on any atom is -0.497 e. The van der Waals surface area contributed by atoms with E-state index in [9.17, 15) is 14.7 Å². The van der Waals surface area contributed by atoms with Crippen molar-refractivity contribution in [2.45, 2.75) is 13.0 Å². The fourth-order valence-corrected chi connectivity index (χ4v) is 3.58. The molecule has 1 amide bonds. The Hall–Kier alpha value is -4.27. The van der Waals surface area contributed by atoms with Crippen LogP contribution in [0.25, 0.3) is 0 Å². The molecule has 0 bridgehead atoms. The first-order valence-corrected chi connectivity index (χ1v) is 9.81. The summed E-state index contributed by atoms with van der Waals surface area (Å²) in [7, 11) is 3.07. The van der Waals surface area contributed by atoms with Gasteiger partial charge in [0.2, 0.25) is 0 Å². The molecule has 1 aromatic heterocycles. The van der Waals surface area contributed by atoms with E-state index >= 15 is 0 Å². The Morgan fingerprint density at radius 3 is 2.62 bits per heavy atom. The lowest BCUT2D eigenvalue weighted by molar-refractivity contribution is -0.132. The number of allylic oxidation sites excluding steroid dienone is 1. The van der Waals surface area contributed by atoms with E-state index in [0.29, 0.717) is 22.7 Å². The molecule has 1 atom stereocenters. The second-order valence-corrected chi connectivity index (χ2v) is 7.18. The van der Waals surface area contributed by atoms with Crippen LogP contribution in [0.3, 0.4) is 0 Å². The maximum Gasteiger partial charge on any atom is 0.352 e. The van der Waals surface area contributed by atoms with Gasteiger partial charge in [-0.3, -0.25) is 4.79 Å². The highest BCUT2D eigenvalue weighted by Gasteiger charge is 2.31. The number of ether oxygens (including phenoxy) is 2. The van der Waals surface area contributed by atoms with Crippen molar-refractivity contribution < 1.29 is 24.2 Å². The number of aliphatic carboxylic acids is 1. The van der Waals surface area contributed by atoms with Gasteiger partial charge in [-0.05, 0) is 42.8 Å². The lowest BCUT2D eigenvalue weighted by Crippen LogP contribution is -2.26. The molecule has 0 fully saturated rings. The Kier molecular flexibility index (Phi) is 5.55. The van der Waals surface area contributed by atoms with Gasteiger partial charge in [0.25, 0.3) is 5.91 Å². The summed E-state index contributed by atoms with van der Waals surface area (Å²) < 4.78 is 12.4. The molecule has 0 saturated heterocycles. The summed E-state index contributed by atoms with van der Waals surface area (Å²) in [6.07, 6.45) is 2.93. The van der Waals surface area contributed by atoms with Crippen LogP contribution in [0.5, 0.6) is 11.5 Å². The number of aromatic nitrogens is 2. The number of benzene rings is 2. The van der Waals surface area contributed by atoms with Crippen molar-refractivity contribution in [1.29, 1.82) is 0 Å². The number of methoxy groups -OCH3 is 2. The second-order valence-electron chi connectivity index (χ2n) is 7.18. The van der Waals surface area contributed by atoms with Gasteiger partial charge in [0.1, 0.15) is 34.6 Å². The van der Waals surface area contributed by atoms with Crippen molar-refractivity contribution >= 4 is 23.4 Å². The van der Waals surface area contributed by atoms with Gasteiger partial charge in [0.05, 0.1) is 20.4 Å². The summed E-state index contributed by atoms with van der Waals surface area (Å²) in [5, 5.41) is 19.7. The topological polar surface area (TPSA) is 115 Å². The largest absolute Gasteiger partial charge is 0.497 e. The van der Waals surface area contributed by atoms with E-state index in [4.69, 9.17) is 9.47 Å². The van der Waals surface area contributed by atoms with E-state index in [2.05, 4.69) is 15.7 Å². The average Bonchev–Trinajstić information content (AvgIpc) is 3.23. The van der Waals surface area contributed by atoms with Crippen LogP contribution in [0.1, 0.15) is 27.5 Å². The lowest BCUT2D eigenvalue weighted by Gasteiger charge is -2.26. The van der Waals surface area contributed by atoms with Gasteiger partial charge in [-0.25, -0.2) is 9.48 Å². The van der Waals surface area contributed by atoms with Crippen molar-refractivity contribution in [3.05, 3.63) is 77.1 Å². The summed E-state index contributed by atoms with van der Waals surface area (Å²) in [5.74, 6) is -0.182. The van der Waals surface area contributed by atoms with Crippen LogP contribution in [0.15, 0.2) is 60.4 Å². The predicted octanol–water partition coefficient (Wildman–Crippen LogP) is 3.44. The first-order valence-electron chi connectivity index (χ1n) is 9.81. The number of carboxylic acids is 1. The van der Waals surface area contributed by atoms with Crippen LogP contribution in [0.2, 0.25) is 0 Å². The number of para-hydroxylation sites is 1. The molecule has 0 spiro atoms. The fraction of sp³-hybridized carbons (Fsp3) is 0.174. The molecular weight excluding hydrogens is 412 g/mol. The van der Waals surface area contributed by atoms with Gasteiger partial charge in [-0.1, -0.05) is 18.2 Å². The Balaban J connectivity index is 1.79. The molecule has 4 rings (SSSR count). The Morgan fingerprint density at radius 2 is 1.94 bits per heavy atom. The van der Waals surface area contributed by atoms with Crippen LogP contribution in [0.4, 0.5) is 11.5 Å². The van der Waals surface area contributed by atoms with Crippen LogP contribution >= 0.6 is 0 Å². The maximum absolute atomic E-state index is 13.0. The summed E-state index contributed by atoms with van der Waals surface area (Å²) in [6.45, 7) is 1.89. The van der Waals surface area contributed by atoms with Crippen molar-refractivity contribution in [3.8, 4) is 11.5 Å². The number of nitrogens with zero attached hydrogens (tertiary/aromatic N) is 2. The maximum atomic E-state index is 13.0. The first kappa shape index (κ1) is 21.0. The smallest absolute Gasteiger partial charge is 0.352 e. The fourth-order valence-electron chi connectivity index (χ4n) is 3.58. The van der Waals surface area contributed by atoms with Crippen LogP contribution < -0.4 is 20.1 Å². The molecule has 32 heavy (non-hydrogen) atoms. The van der Waals surface area contributed by atoms with E-state index in [1.165, 1.54) is 19.4 Å². The quantitative estimate of drug-likeness (QED) is 0.544. The van der Waals surface area contributed by atoms with Gasteiger partial charge in [-0.2, -0.15) is 5.10 Å². The summed E-state index contributed by atoms with van der Waals surface area (Å²) in [4.78, 5) is 24.9. The molecule has 3 N–H and O–H groups in total. The molecule has 2 aromatic carbocycles. The summed E-state index contributed by atoms with van der Waals surface area (Å²) >= 11 is 0. The first-order chi connectivity index (χ1) is 15.4. The zero-order valence-corrected chi connectivity index (χ0v) is 17.7. The summed E-state index contributed by atoms with van der Waals surface area (Å²) in [5.41, 5.74) is 2.35. The highest BCUT2D eigenvalue weighted by Crippen LogP contribution is 2.38. The van der Waals surface area contributed by atoms with Crippen molar-refractivity contribution in [1.82, 2.24) is 9.78 Å². The van der Waals surface area contributed by atoms with Crippen molar-refractivity contribution in [3.63, 3.8) is 0 Å². The highest BCUT2D eigenvalue weighted by molar-refractivity contribution is 6.08. The molecule has 1 aliphatic rings. The molecule has 1 aliphatic heterocycles. The van der Waals surface area contributed by atoms with E-state index in [-0.39, 0.29) is 17.1 Å². The number of carbonyl (C=O) groups is 2. The lowest BCUT2D eigenvalue weighted by atomic mass is 10.0. The number of anilines is 2. The van der Waals surface area contributed by atoms with E-state index < -0.39 is 17.9 Å². The van der Waals surface area contributed by atoms with Crippen molar-refractivity contribution in [2.75, 3.05) is 24.9 Å². The number of nitrogens with one attached hydrogen (secondary N) is 2. The molecule has 0 aliphatic carbocycles. The predicted molar refractivity (Wildman–Crippen MR) is 118 cm³/mol. The van der Waals surface area contributed by atoms with E-state index in [0.717, 1.165) is 5.56 Å². The Labute approximate surface area is 184 Å². The van der Waals surface area contributed by atoms with Crippen LogP contribution in [-0.2, 0) is 4.79 Å². The molecule has 9 heteroatoms. The average molecular weight is 434 g/mol. The normalized spacial score (nSPS) is 14.6. The Bertz CT molecular complexity index is 1230. The van der Waals surface area contributed by atoms with Crippen LogP contribution in [0, 0.1) is 6.92 Å². The van der Waals surface area contributed by atoms with E-state index in [1.807, 2.05) is 25.1 Å². The zero-order valence-electron chi connectivity index (χ0n) is 17.7. The standard InChI is InChI=1S/C23H22N4O5/c1-13-6-4-5-7-17(13)26-22(28)16-12-24-27-19(11-18(23(29)30)25-21(16)27)15-10-14(31-2)8-9-20(15)32-3/h4-12,19,25H,1-3H3,(H,26,28)(H,29,30)/t19-/m0/s1. The molecule has 9 nitrogen and oxygen atoms in total. The monoisotopic (exact) mass is 434 g/mol. The van der Waals surface area contributed by atoms with Gasteiger partial charge in [0, 0.05) is 11.3 Å². The SMILES string of the molecule is COc1ccc(OC)c([C@@H]2C=C(C(=O)O)Nc3c(C(=O)Nc4ccccc4C)cnn32)c1. The van der Waals surface area contributed by atoms with Gasteiger partial charge in [-0.15, -0.1) is 0 Å². The number of aryl methyl sites for hydroxylation is 1. The number of carbonyl (C=O) groups excluding carboxylic acids is 1. The highest BCUT2D eigenvalue weighted by atomic mass is 16.5. The van der Waals surface area contributed by atoms with Gasteiger partial charge < -0.3 is 25.2 Å². The molecule has 0 radical (unpaired) electrons. The minimum atomic E-state index is -1.16. The van der Waals surface area contributed by atoms with Gasteiger partial charge in [0.15, 0.2) is 0 Å².